The number of carbonyl (C=O) groups excluding carboxylic acids is 1. The topological polar surface area (TPSA) is 41.6 Å². The van der Waals surface area contributed by atoms with E-state index in [0.29, 0.717) is 12.6 Å². The molecule has 0 amide bonds. The minimum Gasteiger partial charge on any atom is -0.468 e. The highest BCUT2D eigenvalue weighted by atomic mass is 16.5. The van der Waals surface area contributed by atoms with Gasteiger partial charge in [-0.15, -0.1) is 0 Å². The van der Waals surface area contributed by atoms with Crippen LogP contribution >= 0.6 is 0 Å². The zero-order valence-corrected chi connectivity index (χ0v) is 9.79. The van der Waals surface area contributed by atoms with E-state index in [1.807, 2.05) is 7.05 Å². The summed E-state index contributed by atoms with van der Waals surface area (Å²) < 4.78 is 4.71. The number of nitrogens with one attached hydrogen (secondary N) is 1. The fourth-order valence-corrected chi connectivity index (χ4v) is 2.14. The van der Waals surface area contributed by atoms with Crippen molar-refractivity contribution in [3.8, 4) is 0 Å². The molecule has 4 nitrogen and oxygen atoms in total. The molecule has 1 aliphatic heterocycles. The average Bonchev–Trinajstić information content (AvgIpc) is 2.28. The number of nitrogens with zero attached hydrogens (tertiary/aromatic N) is 1. The Balaban J connectivity index is 2.38. The minimum absolute atomic E-state index is 0.119. The molecule has 88 valence electrons. The Bertz CT molecular complexity index is 197. The maximum atomic E-state index is 11.2. The number of piperidine rings is 1. The number of hydrogen-bond acceptors (Lipinski definition) is 4. The van der Waals surface area contributed by atoms with Crippen LogP contribution in [0.5, 0.6) is 0 Å². The fourth-order valence-electron chi connectivity index (χ4n) is 2.14. The van der Waals surface area contributed by atoms with Gasteiger partial charge in [0, 0.05) is 6.04 Å². The van der Waals surface area contributed by atoms with Gasteiger partial charge in [0.2, 0.25) is 0 Å². The lowest BCUT2D eigenvalue weighted by Crippen LogP contribution is -2.43. The lowest BCUT2D eigenvalue weighted by Gasteiger charge is -2.34. The molecule has 1 unspecified atom stereocenters. The second-order valence-corrected chi connectivity index (χ2v) is 4.09. The first-order valence-electron chi connectivity index (χ1n) is 5.73. The summed E-state index contributed by atoms with van der Waals surface area (Å²) in [5, 5.41) is 3.16. The summed E-state index contributed by atoms with van der Waals surface area (Å²) >= 11 is 0. The molecule has 0 aliphatic carbocycles. The average molecular weight is 214 g/mol. The van der Waals surface area contributed by atoms with E-state index < -0.39 is 0 Å². The highest BCUT2D eigenvalue weighted by molar-refractivity contribution is 5.71. The molecular weight excluding hydrogens is 192 g/mol. The first-order chi connectivity index (χ1) is 7.27. The van der Waals surface area contributed by atoms with Crippen LogP contribution in [0.3, 0.4) is 0 Å². The van der Waals surface area contributed by atoms with E-state index in [1.165, 1.54) is 26.4 Å². The molecule has 1 fully saturated rings. The second kappa shape index (κ2) is 6.80. The fraction of sp³-hybridized carbons (Fsp3) is 0.909. The van der Waals surface area contributed by atoms with E-state index in [1.54, 1.807) is 0 Å². The van der Waals surface area contributed by atoms with E-state index in [4.69, 9.17) is 4.74 Å². The summed E-state index contributed by atoms with van der Waals surface area (Å²) in [6, 6.07) is 0.547. The van der Waals surface area contributed by atoms with Gasteiger partial charge in [0.25, 0.3) is 0 Å². The SMILES string of the molecule is CNCCC1CCCCN1CC(=O)OC. The molecule has 1 N–H and O–H groups in total. The zero-order chi connectivity index (χ0) is 11.1. The van der Waals surface area contributed by atoms with E-state index in [2.05, 4.69) is 10.2 Å². The minimum atomic E-state index is -0.119. The van der Waals surface area contributed by atoms with E-state index in [-0.39, 0.29) is 5.97 Å². The normalized spacial score (nSPS) is 22.7. The number of esters is 1. The van der Waals surface area contributed by atoms with Crippen molar-refractivity contribution in [3.05, 3.63) is 0 Å². The third-order valence-corrected chi connectivity index (χ3v) is 3.04. The second-order valence-electron chi connectivity index (χ2n) is 4.09. The molecule has 1 atom stereocenters. The number of likely N-dealkylation sites (tertiary alicyclic amines) is 1. The predicted octanol–water partition coefficient (Wildman–Crippen LogP) is 0.623. The van der Waals surface area contributed by atoms with Gasteiger partial charge >= 0.3 is 5.97 Å². The zero-order valence-electron chi connectivity index (χ0n) is 9.79. The van der Waals surface area contributed by atoms with Crippen molar-refractivity contribution in [2.45, 2.75) is 31.7 Å². The van der Waals surface area contributed by atoms with Crippen LogP contribution in [-0.2, 0) is 9.53 Å². The largest absolute Gasteiger partial charge is 0.468 e. The van der Waals surface area contributed by atoms with Crippen LogP contribution in [0.1, 0.15) is 25.7 Å². The van der Waals surface area contributed by atoms with Crippen molar-refractivity contribution in [3.63, 3.8) is 0 Å². The molecule has 1 aliphatic rings. The molecule has 4 heteroatoms. The van der Waals surface area contributed by atoms with Gasteiger partial charge in [-0.3, -0.25) is 9.69 Å². The molecule has 0 saturated carbocycles. The van der Waals surface area contributed by atoms with Crippen molar-refractivity contribution >= 4 is 5.97 Å². The molecule has 0 radical (unpaired) electrons. The Morgan fingerprint density at radius 3 is 3.00 bits per heavy atom. The number of methoxy groups -OCH3 is 1. The number of ether oxygens (including phenoxy) is 1. The van der Waals surface area contributed by atoms with E-state index in [9.17, 15) is 4.79 Å². The van der Waals surface area contributed by atoms with Gasteiger partial charge in [-0.25, -0.2) is 0 Å². The number of hydrogen-bond donors (Lipinski definition) is 1. The lowest BCUT2D eigenvalue weighted by molar-refractivity contribution is -0.142. The quantitative estimate of drug-likeness (QED) is 0.681. The van der Waals surface area contributed by atoms with Crippen molar-refractivity contribution in [1.29, 1.82) is 0 Å². The highest BCUT2D eigenvalue weighted by Crippen LogP contribution is 2.18. The van der Waals surface area contributed by atoms with Gasteiger partial charge < -0.3 is 10.1 Å². The summed E-state index contributed by atoms with van der Waals surface area (Å²) in [4.78, 5) is 13.5. The Labute approximate surface area is 92.0 Å². The first-order valence-corrected chi connectivity index (χ1v) is 5.73. The standard InChI is InChI=1S/C11H22N2O2/c1-12-7-6-10-5-3-4-8-13(10)9-11(14)15-2/h10,12H,3-9H2,1-2H3. The van der Waals surface area contributed by atoms with Gasteiger partial charge in [0.15, 0.2) is 0 Å². The summed E-state index contributed by atoms with van der Waals surface area (Å²) in [5.41, 5.74) is 0. The third-order valence-electron chi connectivity index (χ3n) is 3.04. The maximum absolute atomic E-state index is 11.2. The highest BCUT2D eigenvalue weighted by Gasteiger charge is 2.23. The van der Waals surface area contributed by atoms with Crippen LogP contribution in [0, 0.1) is 0 Å². The van der Waals surface area contributed by atoms with Gasteiger partial charge in [-0.05, 0) is 39.4 Å². The summed E-state index contributed by atoms with van der Waals surface area (Å²) in [6.45, 7) is 2.50. The molecule has 0 aromatic carbocycles. The Morgan fingerprint density at radius 1 is 1.53 bits per heavy atom. The number of carbonyl (C=O) groups is 1. The van der Waals surface area contributed by atoms with E-state index in [0.717, 1.165) is 19.5 Å². The van der Waals surface area contributed by atoms with Crippen LogP contribution in [-0.4, -0.2) is 50.7 Å². The Hall–Kier alpha value is -0.610. The van der Waals surface area contributed by atoms with Crippen LogP contribution < -0.4 is 5.32 Å². The Morgan fingerprint density at radius 2 is 2.33 bits per heavy atom. The smallest absolute Gasteiger partial charge is 0.319 e. The van der Waals surface area contributed by atoms with Gasteiger partial charge in [0.05, 0.1) is 13.7 Å². The lowest BCUT2D eigenvalue weighted by atomic mass is 9.99. The van der Waals surface area contributed by atoms with Gasteiger partial charge in [-0.1, -0.05) is 6.42 Å². The molecule has 1 rings (SSSR count). The molecule has 15 heavy (non-hydrogen) atoms. The predicted molar refractivity (Wildman–Crippen MR) is 59.8 cm³/mol. The van der Waals surface area contributed by atoms with Crippen molar-refractivity contribution in [1.82, 2.24) is 10.2 Å². The summed E-state index contributed by atoms with van der Waals surface area (Å²) in [7, 11) is 3.42. The monoisotopic (exact) mass is 214 g/mol. The van der Waals surface area contributed by atoms with Crippen molar-refractivity contribution in [2.75, 3.05) is 33.8 Å². The molecule has 0 aromatic rings. The van der Waals surface area contributed by atoms with Crippen LogP contribution in [0.2, 0.25) is 0 Å². The molecule has 0 bridgehead atoms. The first kappa shape index (κ1) is 12.5. The number of rotatable bonds is 5. The van der Waals surface area contributed by atoms with Crippen LogP contribution in [0.15, 0.2) is 0 Å². The van der Waals surface area contributed by atoms with Crippen LogP contribution in [0.25, 0.3) is 0 Å². The molecule has 1 heterocycles. The van der Waals surface area contributed by atoms with Crippen molar-refractivity contribution in [2.24, 2.45) is 0 Å². The summed E-state index contributed by atoms with van der Waals surface area (Å²) in [6.07, 6.45) is 4.81. The Kier molecular flexibility index (Phi) is 5.65. The van der Waals surface area contributed by atoms with E-state index >= 15 is 0 Å². The van der Waals surface area contributed by atoms with Crippen molar-refractivity contribution < 1.29 is 9.53 Å². The maximum Gasteiger partial charge on any atom is 0.319 e. The van der Waals surface area contributed by atoms with Crippen LogP contribution in [0.4, 0.5) is 0 Å². The van der Waals surface area contributed by atoms with Gasteiger partial charge in [-0.2, -0.15) is 0 Å². The molecule has 0 spiro atoms. The summed E-state index contributed by atoms with van der Waals surface area (Å²) in [5.74, 6) is -0.119. The molecule has 0 aromatic heterocycles. The molecule has 1 saturated heterocycles. The third kappa shape index (κ3) is 4.18. The van der Waals surface area contributed by atoms with Gasteiger partial charge in [0.1, 0.15) is 0 Å². The molecular formula is C11H22N2O2.